The third-order valence-electron chi connectivity index (χ3n) is 4.03. The van der Waals surface area contributed by atoms with Crippen molar-refractivity contribution in [3.05, 3.63) is 35.0 Å². The van der Waals surface area contributed by atoms with Crippen LogP contribution in [0.15, 0.2) is 24.3 Å². The summed E-state index contributed by atoms with van der Waals surface area (Å²) in [6.45, 7) is 3.15. The summed E-state index contributed by atoms with van der Waals surface area (Å²) in [5, 5.41) is 2.84. The average molecular weight is 381 g/mol. The first-order chi connectivity index (χ1) is 12.4. The van der Waals surface area contributed by atoms with Crippen LogP contribution in [0.1, 0.15) is 29.9 Å². The predicted octanol–water partition coefficient (Wildman–Crippen LogP) is 2.90. The Morgan fingerprint density at radius 1 is 1.31 bits per heavy atom. The fourth-order valence-electron chi connectivity index (χ4n) is 2.34. The van der Waals surface area contributed by atoms with Crippen LogP contribution in [0.25, 0.3) is 10.1 Å². The summed E-state index contributed by atoms with van der Waals surface area (Å²) < 4.78 is 24.0. The maximum atomic E-state index is 13.7. The number of hydrogen-bond donors (Lipinski definition) is 1. The lowest BCUT2D eigenvalue weighted by molar-refractivity contribution is -0.147. The molecule has 0 aliphatic heterocycles. The zero-order chi connectivity index (χ0) is 19.3. The lowest BCUT2D eigenvalue weighted by Gasteiger charge is -2.21. The second-order valence-corrected chi connectivity index (χ2v) is 6.88. The van der Waals surface area contributed by atoms with Crippen LogP contribution in [0.5, 0.6) is 0 Å². The summed E-state index contributed by atoms with van der Waals surface area (Å²) >= 11 is 1.08. The topological polar surface area (TPSA) is 81.7 Å². The SMILES string of the molecule is CC[C@@H](C)[C@H](NC(=O)COC(=O)c1cc2c(F)cccc2s1)C(=O)OC. The fourth-order valence-corrected chi connectivity index (χ4v) is 3.31. The maximum absolute atomic E-state index is 13.7. The highest BCUT2D eigenvalue weighted by atomic mass is 32.1. The van der Waals surface area contributed by atoms with E-state index in [2.05, 4.69) is 10.1 Å². The molecule has 0 bridgehead atoms. The fraction of sp³-hybridized carbons (Fsp3) is 0.389. The number of carbonyl (C=O) groups excluding carboxylic acids is 3. The monoisotopic (exact) mass is 381 g/mol. The largest absolute Gasteiger partial charge is 0.467 e. The van der Waals surface area contributed by atoms with Crippen LogP contribution in [-0.2, 0) is 19.1 Å². The Hall–Kier alpha value is -2.48. The minimum absolute atomic E-state index is 0.132. The molecule has 0 saturated carbocycles. The number of rotatable bonds is 7. The summed E-state index contributed by atoms with van der Waals surface area (Å²) in [4.78, 5) is 36.1. The van der Waals surface area contributed by atoms with Crippen LogP contribution in [0.2, 0.25) is 0 Å². The highest BCUT2D eigenvalue weighted by Gasteiger charge is 2.27. The van der Waals surface area contributed by atoms with Crippen LogP contribution in [0.3, 0.4) is 0 Å². The van der Waals surface area contributed by atoms with Crippen molar-refractivity contribution in [3.8, 4) is 0 Å². The standard InChI is InChI=1S/C18H20FNO5S/c1-4-10(2)16(18(23)24-3)20-15(21)9-25-17(22)14-8-11-12(19)6-5-7-13(11)26-14/h5-8,10,16H,4,9H2,1-3H3,(H,20,21)/t10-,16+/m1/s1. The lowest BCUT2D eigenvalue weighted by atomic mass is 9.99. The Balaban J connectivity index is 1.98. The van der Waals surface area contributed by atoms with Gasteiger partial charge in [-0.1, -0.05) is 26.3 Å². The van der Waals surface area contributed by atoms with Gasteiger partial charge in [-0.2, -0.15) is 0 Å². The van der Waals surface area contributed by atoms with E-state index >= 15 is 0 Å². The molecule has 0 saturated heterocycles. The summed E-state index contributed by atoms with van der Waals surface area (Å²) in [7, 11) is 1.24. The van der Waals surface area contributed by atoms with Crippen LogP contribution in [0, 0.1) is 11.7 Å². The molecule has 26 heavy (non-hydrogen) atoms. The van der Waals surface area contributed by atoms with E-state index in [0.29, 0.717) is 16.5 Å². The predicted molar refractivity (Wildman–Crippen MR) is 95.5 cm³/mol. The molecule has 1 heterocycles. The van der Waals surface area contributed by atoms with Gasteiger partial charge in [0.05, 0.1) is 7.11 Å². The summed E-state index contributed by atoms with van der Waals surface area (Å²) in [6, 6.07) is 5.14. The average Bonchev–Trinajstić information content (AvgIpc) is 3.08. The van der Waals surface area contributed by atoms with Gasteiger partial charge in [-0.3, -0.25) is 4.79 Å². The Bertz CT molecular complexity index is 819. The number of esters is 2. The molecule has 0 fully saturated rings. The third kappa shape index (κ3) is 4.57. The number of halogens is 1. The molecule has 0 radical (unpaired) electrons. The van der Waals surface area contributed by atoms with Gasteiger partial charge in [0.1, 0.15) is 16.7 Å². The lowest BCUT2D eigenvalue weighted by Crippen LogP contribution is -2.47. The zero-order valence-corrected chi connectivity index (χ0v) is 15.5. The number of amides is 1. The van der Waals surface area contributed by atoms with Gasteiger partial charge in [0.25, 0.3) is 5.91 Å². The van der Waals surface area contributed by atoms with Crippen molar-refractivity contribution in [2.45, 2.75) is 26.3 Å². The highest BCUT2D eigenvalue weighted by molar-refractivity contribution is 7.20. The summed E-state index contributed by atoms with van der Waals surface area (Å²) in [5.74, 6) is -2.45. The Morgan fingerprint density at radius 3 is 2.65 bits per heavy atom. The molecular formula is C18H20FNO5S. The Morgan fingerprint density at radius 2 is 2.04 bits per heavy atom. The van der Waals surface area contributed by atoms with Crippen molar-refractivity contribution in [3.63, 3.8) is 0 Å². The van der Waals surface area contributed by atoms with E-state index in [1.165, 1.54) is 19.2 Å². The molecule has 140 valence electrons. The second-order valence-electron chi connectivity index (χ2n) is 5.79. The third-order valence-corrected chi connectivity index (χ3v) is 5.11. The maximum Gasteiger partial charge on any atom is 0.348 e. The normalized spacial score (nSPS) is 13.1. The number of benzene rings is 1. The van der Waals surface area contributed by atoms with Gasteiger partial charge < -0.3 is 14.8 Å². The van der Waals surface area contributed by atoms with Crippen LogP contribution in [0.4, 0.5) is 4.39 Å². The Labute approximate surface area is 154 Å². The van der Waals surface area contributed by atoms with E-state index in [9.17, 15) is 18.8 Å². The number of thiophene rings is 1. The molecule has 0 aliphatic rings. The number of carbonyl (C=O) groups is 3. The molecular weight excluding hydrogens is 361 g/mol. The van der Waals surface area contributed by atoms with Crippen molar-refractivity contribution < 1.29 is 28.2 Å². The summed E-state index contributed by atoms with van der Waals surface area (Å²) in [6.07, 6.45) is 0.660. The molecule has 1 aromatic heterocycles. The number of methoxy groups -OCH3 is 1. The van der Waals surface area contributed by atoms with E-state index in [4.69, 9.17) is 4.74 Å². The molecule has 2 aromatic rings. The molecule has 8 heteroatoms. The number of ether oxygens (including phenoxy) is 2. The number of nitrogens with one attached hydrogen (secondary N) is 1. The zero-order valence-electron chi connectivity index (χ0n) is 14.7. The smallest absolute Gasteiger partial charge is 0.348 e. The Kier molecular flexibility index (Phi) is 6.68. The molecule has 2 rings (SSSR count). The minimum atomic E-state index is -0.811. The first-order valence-corrected chi connectivity index (χ1v) is 8.91. The van der Waals surface area contributed by atoms with Crippen molar-refractivity contribution in [1.29, 1.82) is 0 Å². The van der Waals surface area contributed by atoms with E-state index in [1.54, 1.807) is 19.1 Å². The molecule has 0 spiro atoms. The molecule has 2 atom stereocenters. The molecule has 0 aliphatic carbocycles. The van der Waals surface area contributed by atoms with Crippen molar-refractivity contribution >= 4 is 39.3 Å². The number of fused-ring (bicyclic) bond motifs is 1. The van der Waals surface area contributed by atoms with Gasteiger partial charge in [-0.15, -0.1) is 11.3 Å². The van der Waals surface area contributed by atoms with Gasteiger partial charge in [0.15, 0.2) is 6.61 Å². The van der Waals surface area contributed by atoms with E-state index in [-0.39, 0.29) is 10.8 Å². The molecule has 0 unspecified atom stereocenters. The number of hydrogen-bond acceptors (Lipinski definition) is 6. The van der Waals surface area contributed by atoms with Crippen LogP contribution < -0.4 is 5.32 Å². The van der Waals surface area contributed by atoms with Crippen molar-refractivity contribution in [2.75, 3.05) is 13.7 Å². The molecule has 1 amide bonds. The van der Waals surface area contributed by atoms with Gasteiger partial charge >= 0.3 is 11.9 Å². The van der Waals surface area contributed by atoms with Crippen LogP contribution in [-0.4, -0.2) is 37.6 Å². The molecule has 1 aromatic carbocycles. The minimum Gasteiger partial charge on any atom is -0.467 e. The summed E-state index contributed by atoms with van der Waals surface area (Å²) in [5.41, 5.74) is 0. The van der Waals surface area contributed by atoms with E-state index < -0.39 is 36.3 Å². The van der Waals surface area contributed by atoms with Crippen molar-refractivity contribution in [2.24, 2.45) is 5.92 Å². The molecule has 6 nitrogen and oxygen atoms in total. The van der Waals surface area contributed by atoms with Gasteiger partial charge in [-0.05, 0) is 24.1 Å². The van der Waals surface area contributed by atoms with Crippen LogP contribution >= 0.6 is 11.3 Å². The first-order valence-electron chi connectivity index (χ1n) is 8.09. The van der Waals surface area contributed by atoms with Crippen molar-refractivity contribution in [1.82, 2.24) is 5.32 Å². The first kappa shape index (κ1) is 19.8. The van der Waals surface area contributed by atoms with Gasteiger partial charge in [0, 0.05) is 10.1 Å². The van der Waals surface area contributed by atoms with Gasteiger partial charge in [0.2, 0.25) is 0 Å². The van der Waals surface area contributed by atoms with E-state index in [1.807, 2.05) is 6.92 Å². The molecule has 1 N–H and O–H groups in total. The highest BCUT2D eigenvalue weighted by Crippen LogP contribution is 2.28. The quantitative estimate of drug-likeness (QED) is 0.746. The second kappa shape index (κ2) is 8.75. The van der Waals surface area contributed by atoms with Gasteiger partial charge in [-0.25, -0.2) is 14.0 Å². The van der Waals surface area contributed by atoms with E-state index in [0.717, 1.165) is 11.3 Å².